The molecular formula is C9H6ClN3O2. The van der Waals surface area contributed by atoms with Crippen molar-refractivity contribution in [1.82, 2.24) is 10.3 Å². The first-order chi connectivity index (χ1) is 7.25. The summed E-state index contributed by atoms with van der Waals surface area (Å²) in [6.45, 7) is 0. The molecule has 5 nitrogen and oxygen atoms in total. The zero-order chi connectivity index (χ0) is 10.7. The van der Waals surface area contributed by atoms with Gasteiger partial charge in [-0.05, 0) is 23.4 Å². The summed E-state index contributed by atoms with van der Waals surface area (Å²) in [5.74, 6) is -0.390. The van der Waals surface area contributed by atoms with Gasteiger partial charge in [0, 0.05) is 10.7 Å². The summed E-state index contributed by atoms with van der Waals surface area (Å²) in [7, 11) is 0. The second-order valence-electron chi connectivity index (χ2n) is 2.76. The molecule has 1 aromatic heterocycles. The predicted octanol–water partition coefficient (Wildman–Crippen LogP) is 1.98. The number of nitrogens with one attached hydrogen (secondary N) is 1. The van der Waals surface area contributed by atoms with Crippen LogP contribution in [-0.4, -0.2) is 16.2 Å². The summed E-state index contributed by atoms with van der Waals surface area (Å²) in [5, 5.41) is 9.88. The van der Waals surface area contributed by atoms with Crippen LogP contribution in [0, 0.1) is 0 Å². The third-order valence-corrected chi connectivity index (χ3v) is 1.91. The van der Waals surface area contributed by atoms with Gasteiger partial charge in [-0.15, -0.1) is 0 Å². The lowest BCUT2D eigenvalue weighted by atomic mass is 10.3. The highest BCUT2D eigenvalue weighted by atomic mass is 35.5. The van der Waals surface area contributed by atoms with E-state index in [1.165, 1.54) is 6.20 Å². The molecule has 0 atom stereocenters. The van der Waals surface area contributed by atoms with Crippen LogP contribution in [0.3, 0.4) is 0 Å². The quantitative estimate of drug-likeness (QED) is 0.845. The van der Waals surface area contributed by atoms with Crippen LogP contribution < -0.4 is 5.32 Å². The monoisotopic (exact) mass is 223 g/mol. The van der Waals surface area contributed by atoms with E-state index in [0.29, 0.717) is 10.7 Å². The van der Waals surface area contributed by atoms with E-state index in [1.54, 1.807) is 24.3 Å². The lowest BCUT2D eigenvalue weighted by molar-refractivity contribution is 0.101. The van der Waals surface area contributed by atoms with Crippen molar-refractivity contribution in [2.75, 3.05) is 5.32 Å². The van der Waals surface area contributed by atoms with Crippen LogP contribution in [0.25, 0.3) is 0 Å². The molecule has 0 radical (unpaired) electrons. The molecule has 0 saturated carbocycles. The van der Waals surface area contributed by atoms with E-state index in [2.05, 4.69) is 20.3 Å². The second kappa shape index (κ2) is 4.10. The highest BCUT2D eigenvalue weighted by Crippen LogP contribution is 2.15. The van der Waals surface area contributed by atoms with Crippen LogP contribution in [0.2, 0.25) is 5.02 Å². The van der Waals surface area contributed by atoms with Crippen LogP contribution in [0.15, 0.2) is 35.1 Å². The smallest absolute Gasteiger partial charge is 0.279 e. The largest absolute Gasteiger partial charge is 0.320 e. The fourth-order valence-corrected chi connectivity index (χ4v) is 1.22. The number of amides is 1. The van der Waals surface area contributed by atoms with E-state index in [0.717, 1.165) is 0 Å². The molecule has 0 unspecified atom stereocenters. The number of carbonyl (C=O) groups is 1. The topological polar surface area (TPSA) is 68.0 Å². The molecule has 0 fully saturated rings. The summed E-state index contributed by atoms with van der Waals surface area (Å²) in [6, 6.07) is 6.80. The molecular weight excluding hydrogens is 218 g/mol. The molecule has 0 spiro atoms. The Labute approximate surface area is 90.0 Å². The number of halogens is 1. The van der Waals surface area contributed by atoms with Gasteiger partial charge in [0.15, 0.2) is 5.69 Å². The van der Waals surface area contributed by atoms with E-state index >= 15 is 0 Å². The molecule has 1 aromatic carbocycles. The van der Waals surface area contributed by atoms with E-state index < -0.39 is 5.91 Å². The zero-order valence-electron chi connectivity index (χ0n) is 7.48. The van der Waals surface area contributed by atoms with Crippen molar-refractivity contribution in [2.24, 2.45) is 0 Å². The Morgan fingerprint density at radius 3 is 3.00 bits per heavy atom. The van der Waals surface area contributed by atoms with Crippen molar-refractivity contribution in [3.05, 3.63) is 41.2 Å². The van der Waals surface area contributed by atoms with Crippen molar-refractivity contribution < 1.29 is 9.42 Å². The van der Waals surface area contributed by atoms with Crippen LogP contribution in [0.4, 0.5) is 5.69 Å². The van der Waals surface area contributed by atoms with Gasteiger partial charge < -0.3 is 5.32 Å². The van der Waals surface area contributed by atoms with Crippen molar-refractivity contribution >= 4 is 23.2 Å². The summed E-state index contributed by atoms with van der Waals surface area (Å²) in [4.78, 5) is 11.5. The molecule has 0 aliphatic rings. The average Bonchev–Trinajstić information content (AvgIpc) is 2.70. The highest BCUT2D eigenvalue weighted by Gasteiger charge is 2.09. The van der Waals surface area contributed by atoms with Crippen molar-refractivity contribution in [1.29, 1.82) is 0 Å². The van der Waals surface area contributed by atoms with Crippen LogP contribution >= 0.6 is 11.6 Å². The van der Waals surface area contributed by atoms with Gasteiger partial charge in [0.05, 0.1) is 0 Å². The molecule has 1 N–H and O–H groups in total. The molecule has 0 aliphatic heterocycles. The Morgan fingerprint density at radius 1 is 1.47 bits per heavy atom. The first-order valence-electron chi connectivity index (χ1n) is 4.10. The maximum absolute atomic E-state index is 11.5. The Morgan fingerprint density at radius 2 is 2.33 bits per heavy atom. The summed E-state index contributed by atoms with van der Waals surface area (Å²) in [6.07, 6.45) is 1.24. The molecule has 2 rings (SSSR count). The Bertz CT molecular complexity index is 470. The second-order valence-corrected chi connectivity index (χ2v) is 3.19. The third kappa shape index (κ3) is 2.32. The number of aromatic nitrogens is 2. The molecule has 1 amide bonds. The molecule has 1 heterocycles. The maximum Gasteiger partial charge on any atom is 0.279 e. The lowest BCUT2D eigenvalue weighted by Gasteiger charge is -2.01. The number of benzene rings is 1. The van der Waals surface area contributed by atoms with Gasteiger partial charge in [-0.1, -0.05) is 22.8 Å². The molecule has 15 heavy (non-hydrogen) atoms. The summed E-state index contributed by atoms with van der Waals surface area (Å²) < 4.78 is 4.31. The van der Waals surface area contributed by atoms with Gasteiger partial charge in [-0.25, -0.2) is 4.63 Å². The number of carbonyl (C=O) groups excluding carboxylic acids is 1. The van der Waals surface area contributed by atoms with Gasteiger partial charge in [-0.3, -0.25) is 4.79 Å². The Balaban J connectivity index is 2.13. The first-order valence-corrected chi connectivity index (χ1v) is 4.48. The fraction of sp³-hybridized carbons (Fsp3) is 0. The van der Waals surface area contributed by atoms with E-state index in [4.69, 9.17) is 11.6 Å². The maximum atomic E-state index is 11.5. The van der Waals surface area contributed by atoms with E-state index in [-0.39, 0.29) is 5.69 Å². The van der Waals surface area contributed by atoms with Crippen LogP contribution in [0.1, 0.15) is 10.5 Å². The van der Waals surface area contributed by atoms with Gasteiger partial charge in [-0.2, -0.15) is 0 Å². The third-order valence-electron chi connectivity index (χ3n) is 1.68. The van der Waals surface area contributed by atoms with Crippen molar-refractivity contribution in [3.63, 3.8) is 0 Å². The molecule has 0 saturated heterocycles. The standard InChI is InChI=1S/C9H6ClN3O2/c10-6-2-1-3-7(4-6)12-9(14)8-5-11-15-13-8/h1-5H,(H,12,14). The van der Waals surface area contributed by atoms with E-state index in [9.17, 15) is 4.79 Å². The minimum atomic E-state index is -0.390. The van der Waals surface area contributed by atoms with Crippen molar-refractivity contribution in [2.45, 2.75) is 0 Å². The minimum absolute atomic E-state index is 0.120. The SMILES string of the molecule is O=C(Nc1cccc(Cl)c1)c1cnon1. The minimum Gasteiger partial charge on any atom is -0.320 e. The molecule has 6 heteroatoms. The zero-order valence-corrected chi connectivity index (χ0v) is 8.23. The number of rotatable bonds is 2. The number of anilines is 1. The Kier molecular flexibility index (Phi) is 2.64. The highest BCUT2D eigenvalue weighted by molar-refractivity contribution is 6.30. The lowest BCUT2D eigenvalue weighted by Crippen LogP contribution is -2.11. The van der Waals surface area contributed by atoms with Crippen molar-refractivity contribution in [3.8, 4) is 0 Å². The van der Waals surface area contributed by atoms with Gasteiger partial charge in [0.1, 0.15) is 6.20 Å². The van der Waals surface area contributed by atoms with Crippen LogP contribution in [-0.2, 0) is 0 Å². The molecule has 2 aromatic rings. The Hall–Kier alpha value is -1.88. The fourth-order valence-electron chi connectivity index (χ4n) is 1.03. The van der Waals surface area contributed by atoms with Crippen LogP contribution in [0.5, 0.6) is 0 Å². The normalized spacial score (nSPS) is 9.93. The molecule has 76 valence electrons. The first kappa shape index (κ1) is 9.67. The molecule has 0 bridgehead atoms. The molecule has 0 aliphatic carbocycles. The number of nitrogens with zero attached hydrogens (tertiary/aromatic N) is 2. The average molecular weight is 224 g/mol. The predicted molar refractivity (Wildman–Crippen MR) is 53.7 cm³/mol. The number of hydrogen-bond acceptors (Lipinski definition) is 4. The summed E-state index contributed by atoms with van der Waals surface area (Å²) >= 11 is 5.76. The van der Waals surface area contributed by atoms with Gasteiger partial charge >= 0.3 is 0 Å². The number of hydrogen-bond donors (Lipinski definition) is 1. The van der Waals surface area contributed by atoms with E-state index in [1.807, 2.05) is 0 Å². The summed E-state index contributed by atoms with van der Waals surface area (Å²) in [5.41, 5.74) is 0.713. The van der Waals surface area contributed by atoms with Gasteiger partial charge in [0.25, 0.3) is 5.91 Å². The van der Waals surface area contributed by atoms with Gasteiger partial charge in [0.2, 0.25) is 0 Å².